The predicted octanol–water partition coefficient (Wildman–Crippen LogP) is 0.579. The summed E-state index contributed by atoms with van der Waals surface area (Å²) in [6.45, 7) is 0.0700. The lowest BCUT2D eigenvalue weighted by Gasteiger charge is -2.27. The number of unbranched alkanes of at least 4 members (excludes halogenated alkanes) is 2. The summed E-state index contributed by atoms with van der Waals surface area (Å²) >= 11 is 0. The molecule has 1 atom stereocenters. The maximum Gasteiger partial charge on any atom is 0.264 e. The van der Waals surface area contributed by atoms with Gasteiger partial charge in [0.25, 0.3) is 11.8 Å². The van der Waals surface area contributed by atoms with Gasteiger partial charge in [0.05, 0.1) is 16.8 Å². The minimum Gasteiger partial charge on any atom is -0.396 e. The van der Waals surface area contributed by atoms with Crippen LogP contribution in [0.2, 0.25) is 0 Å². The van der Waals surface area contributed by atoms with Crippen LogP contribution in [0, 0.1) is 0 Å². The van der Waals surface area contributed by atoms with E-state index in [0.717, 1.165) is 4.90 Å². The molecular formula is C19H21N3O6. The van der Waals surface area contributed by atoms with Crippen molar-refractivity contribution in [1.29, 1.82) is 0 Å². The van der Waals surface area contributed by atoms with Gasteiger partial charge < -0.3 is 10.4 Å². The van der Waals surface area contributed by atoms with Crippen molar-refractivity contribution in [2.75, 3.05) is 11.9 Å². The zero-order valence-electron chi connectivity index (χ0n) is 15.2. The van der Waals surface area contributed by atoms with Crippen molar-refractivity contribution in [2.45, 2.75) is 44.6 Å². The van der Waals surface area contributed by atoms with Crippen LogP contribution >= 0.6 is 0 Å². The van der Waals surface area contributed by atoms with E-state index in [4.69, 9.17) is 5.11 Å². The number of carbonyl (C=O) groups is 5. The summed E-state index contributed by atoms with van der Waals surface area (Å²) in [4.78, 5) is 62.1. The quantitative estimate of drug-likeness (QED) is 0.463. The van der Waals surface area contributed by atoms with Gasteiger partial charge in [-0.2, -0.15) is 0 Å². The molecule has 0 radical (unpaired) electrons. The van der Waals surface area contributed by atoms with E-state index in [0.29, 0.717) is 19.3 Å². The molecular weight excluding hydrogens is 366 g/mol. The number of nitrogens with zero attached hydrogens (tertiary/aromatic N) is 1. The van der Waals surface area contributed by atoms with E-state index in [1.54, 1.807) is 6.07 Å². The standard InChI is InChI=1S/C19H21N3O6/c23-10-3-1-2-7-14(24)20-12-6-4-5-11-16(12)19(28)22(18(11)27)13-8-9-15(25)21-17(13)26/h4-6,13,23H,1-3,7-10H2,(H,20,24)(H,21,25,26). The molecule has 0 bridgehead atoms. The Kier molecular flexibility index (Phi) is 5.84. The summed E-state index contributed by atoms with van der Waals surface area (Å²) in [7, 11) is 0. The van der Waals surface area contributed by atoms with Crippen molar-refractivity contribution >= 4 is 35.2 Å². The highest BCUT2D eigenvalue weighted by molar-refractivity contribution is 6.26. The maximum absolute atomic E-state index is 12.9. The maximum atomic E-state index is 12.9. The molecule has 2 aliphatic rings. The summed E-state index contributed by atoms with van der Waals surface area (Å²) in [5.74, 6) is -2.70. The van der Waals surface area contributed by atoms with Crippen LogP contribution in [-0.4, -0.2) is 52.2 Å². The van der Waals surface area contributed by atoms with Crippen molar-refractivity contribution in [2.24, 2.45) is 0 Å². The summed E-state index contributed by atoms with van der Waals surface area (Å²) < 4.78 is 0. The highest BCUT2D eigenvalue weighted by Gasteiger charge is 2.45. The van der Waals surface area contributed by atoms with Crippen LogP contribution in [0.25, 0.3) is 0 Å². The van der Waals surface area contributed by atoms with E-state index in [1.165, 1.54) is 12.1 Å². The van der Waals surface area contributed by atoms with E-state index in [-0.39, 0.29) is 48.6 Å². The van der Waals surface area contributed by atoms with Crippen molar-refractivity contribution in [1.82, 2.24) is 10.2 Å². The second kappa shape index (κ2) is 8.30. The summed E-state index contributed by atoms with van der Waals surface area (Å²) in [6, 6.07) is 3.51. The van der Waals surface area contributed by atoms with E-state index in [1.807, 2.05) is 0 Å². The molecule has 9 nitrogen and oxygen atoms in total. The lowest BCUT2D eigenvalue weighted by molar-refractivity contribution is -0.136. The zero-order valence-corrected chi connectivity index (χ0v) is 15.2. The van der Waals surface area contributed by atoms with Gasteiger partial charge in [0, 0.05) is 19.4 Å². The molecule has 5 amide bonds. The number of benzene rings is 1. The van der Waals surface area contributed by atoms with Gasteiger partial charge >= 0.3 is 0 Å². The molecule has 1 unspecified atom stereocenters. The van der Waals surface area contributed by atoms with Crippen LogP contribution in [0.3, 0.4) is 0 Å². The summed E-state index contributed by atoms with van der Waals surface area (Å²) in [6.07, 6.45) is 2.25. The molecule has 0 saturated carbocycles. The SMILES string of the molecule is O=C1CCC(N2C(=O)c3cccc(NC(=O)CCCCCO)c3C2=O)C(=O)N1. The van der Waals surface area contributed by atoms with Gasteiger partial charge in [0.1, 0.15) is 6.04 Å². The Hall–Kier alpha value is -3.07. The Morgan fingerprint density at radius 3 is 2.64 bits per heavy atom. The average molecular weight is 387 g/mol. The number of anilines is 1. The van der Waals surface area contributed by atoms with Crippen LogP contribution in [0.1, 0.15) is 59.2 Å². The third kappa shape index (κ3) is 3.79. The van der Waals surface area contributed by atoms with E-state index in [9.17, 15) is 24.0 Å². The molecule has 9 heteroatoms. The first kappa shape index (κ1) is 19.7. The first-order chi connectivity index (χ1) is 13.4. The lowest BCUT2D eigenvalue weighted by atomic mass is 10.0. The topological polar surface area (TPSA) is 133 Å². The molecule has 3 rings (SSSR count). The van der Waals surface area contributed by atoms with E-state index in [2.05, 4.69) is 10.6 Å². The molecule has 0 aromatic heterocycles. The Balaban J connectivity index is 1.77. The van der Waals surface area contributed by atoms with Gasteiger partial charge in [-0.05, 0) is 31.4 Å². The number of nitrogens with one attached hydrogen (secondary N) is 2. The van der Waals surface area contributed by atoms with Crippen LogP contribution in [0.4, 0.5) is 5.69 Å². The van der Waals surface area contributed by atoms with Gasteiger partial charge in [-0.1, -0.05) is 12.5 Å². The van der Waals surface area contributed by atoms with Crippen LogP contribution in [0.5, 0.6) is 0 Å². The number of rotatable bonds is 7. The number of fused-ring (bicyclic) bond motifs is 1. The Labute approximate surface area is 161 Å². The molecule has 2 heterocycles. The number of aliphatic hydroxyl groups excluding tert-OH is 1. The highest BCUT2D eigenvalue weighted by atomic mass is 16.3. The smallest absolute Gasteiger partial charge is 0.264 e. The van der Waals surface area contributed by atoms with Crippen molar-refractivity contribution < 1.29 is 29.1 Å². The first-order valence-corrected chi connectivity index (χ1v) is 9.19. The van der Waals surface area contributed by atoms with Gasteiger partial charge in [-0.25, -0.2) is 0 Å². The largest absolute Gasteiger partial charge is 0.396 e. The number of hydrogen-bond donors (Lipinski definition) is 3. The number of imide groups is 2. The Morgan fingerprint density at radius 2 is 1.93 bits per heavy atom. The summed E-state index contributed by atoms with van der Waals surface area (Å²) in [5, 5.41) is 13.6. The van der Waals surface area contributed by atoms with Crippen molar-refractivity contribution in [3.05, 3.63) is 29.3 Å². The second-order valence-electron chi connectivity index (χ2n) is 6.76. The molecule has 28 heavy (non-hydrogen) atoms. The van der Waals surface area contributed by atoms with Crippen molar-refractivity contribution in [3.8, 4) is 0 Å². The second-order valence-corrected chi connectivity index (χ2v) is 6.76. The molecule has 2 aliphatic heterocycles. The van der Waals surface area contributed by atoms with Crippen LogP contribution in [0.15, 0.2) is 18.2 Å². The van der Waals surface area contributed by atoms with Crippen molar-refractivity contribution in [3.63, 3.8) is 0 Å². The molecule has 1 saturated heterocycles. The number of carbonyl (C=O) groups excluding carboxylic acids is 5. The van der Waals surface area contributed by atoms with Gasteiger partial charge in [0.2, 0.25) is 17.7 Å². The fraction of sp³-hybridized carbons (Fsp3) is 0.421. The fourth-order valence-corrected chi connectivity index (χ4v) is 3.41. The van der Waals surface area contributed by atoms with Crippen LogP contribution in [-0.2, 0) is 14.4 Å². The third-order valence-electron chi connectivity index (χ3n) is 4.80. The Morgan fingerprint density at radius 1 is 1.14 bits per heavy atom. The molecule has 148 valence electrons. The summed E-state index contributed by atoms with van der Waals surface area (Å²) in [5.41, 5.74) is 0.395. The number of amides is 5. The number of piperidine rings is 1. The monoisotopic (exact) mass is 387 g/mol. The van der Waals surface area contributed by atoms with E-state index >= 15 is 0 Å². The molecule has 1 aromatic rings. The molecule has 1 aromatic carbocycles. The Bertz CT molecular complexity index is 850. The number of aliphatic hydroxyl groups is 1. The third-order valence-corrected chi connectivity index (χ3v) is 4.80. The lowest BCUT2D eigenvalue weighted by Crippen LogP contribution is -2.54. The van der Waals surface area contributed by atoms with E-state index < -0.39 is 29.7 Å². The first-order valence-electron chi connectivity index (χ1n) is 9.19. The van der Waals surface area contributed by atoms with Crippen LogP contribution < -0.4 is 10.6 Å². The number of hydrogen-bond acceptors (Lipinski definition) is 6. The molecule has 0 aliphatic carbocycles. The molecule has 1 fully saturated rings. The minimum absolute atomic E-state index is 0.0429. The normalized spacial score (nSPS) is 18.9. The molecule has 3 N–H and O–H groups in total. The fourth-order valence-electron chi connectivity index (χ4n) is 3.41. The predicted molar refractivity (Wildman–Crippen MR) is 97.3 cm³/mol. The zero-order chi connectivity index (χ0) is 20.3. The van der Waals surface area contributed by atoms with Gasteiger partial charge in [0.15, 0.2) is 0 Å². The molecule has 0 spiro atoms. The van der Waals surface area contributed by atoms with Gasteiger partial charge in [-0.15, -0.1) is 0 Å². The minimum atomic E-state index is -1.05. The highest BCUT2D eigenvalue weighted by Crippen LogP contribution is 2.32. The van der Waals surface area contributed by atoms with Gasteiger partial charge in [-0.3, -0.25) is 34.2 Å². The average Bonchev–Trinajstić information content (AvgIpc) is 2.91.